The summed E-state index contributed by atoms with van der Waals surface area (Å²) in [5, 5.41) is 3.43. The van der Waals surface area contributed by atoms with Crippen molar-refractivity contribution in [1.29, 1.82) is 0 Å². The Morgan fingerprint density at radius 1 is 1.38 bits per heavy atom. The lowest BCUT2D eigenvalue weighted by Crippen LogP contribution is -2.02. The molecule has 0 aliphatic heterocycles. The highest BCUT2D eigenvalue weighted by Crippen LogP contribution is 2.46. The van der Waals surface area contributed by atoms with Gasteiger partial charge in [-0.15, -0.1) is 0 Å². The van der Waals surface area contributed by atoms with E-state index in [4.69, 9.17) is 14.6 Å². The SMILES string of the molecule is C=P(CCN=[N+]=[N-])(OCC)OCC. The fourth-order valence-electron chi connectivity index (χ4n) is 0.879. The summed E-state index contributed by atoms with van der Waals surface area (Å²) in [6, 6.07) is 0. The first kappa shape index (κ1) is 12.5. The molecule has 0 saturated heterocycles. The highest BCUT2D eigenvalue weighted by molar-refractivity contribution is 7.64. The number of nitrogens with zero attached hydrogens (tertiary/aromatic N) is 3. The molecular weight excluding hydrogens is 189 g/mol. The second-order valence-electron chi connectivity index (χ2n) is 2.33. The molecule has 0 unspecified atom stereocenters. The minimum absolute atomic E-state index is 0.383. The van der Waals surface area contributed by atoms with E-state index in [0.29, 0.717) is 25.9 Å². The largest absolute Gasteiger partial charge is 0.338 e. The van der Waals surface area contributed by atoms with E-state index < -0.39 is 7.34 Å². The molecular formula is C7H16N3O2P. The maximum atomic E-state index is 8.09. The average molecular weight is 205 g/mol. The summed E-state index contributed by atoms with van der Waals surface area (Å²) < 4.78 is 10.8. The van der Waals surface area contributed by atoms with Gasteiger partial charge in [-0.2, -0.15) is 0 Å². The summed E-state index contributed by atoms with van der Waals surface area (Å²) in [6.07, 6.45) is 4.49. The van der Waals surface area contributed by atoms with Crippen LogP contribution in [0.4, 0.5) is 0 Å². The van der Waals surface area contributed by atoms with Gasteiger partial charge >= 0.3 is 0 Å². The van der Waals surface area contributed by atoms with Crippen molar-refractivity contribution in [3.8, 4) is 0 Å². The minimum Gasteiger partial charge on any atom is -0.338 e. The van der Waals surface area contributed by atoms with Crippen molar-refractivity contribution in [2.75, 3.05) is 25.9 Å². The topological polar surface area (TPSA) is 67.2 Å². The average Bonchev–Trinajstić information content (AvgIpc) is 2.05. The van der Waals surface area contributed by atoms with Crippen LogP contribution in [-0.2, 0) is 9.05 Å². The number of azide groups is 1. The smallest absolute Gasteiger partial charge is 0.117 e. The number of hydrogen-bond acceptors (Lipinski definition) is 3. The van der Waals surface area contributed by atoms with Gasteiger partial charge in [0.15, 0.2) is 0 Å². The summed E-state index contributed by atoms with van der Waals surface area (Å²) in [5.74, 6) is 0. The lowest BCUT2D eigenvalue weighted by Gasteiger charge is -2.22. The zero-order valence-corrected chi connectivity index (χ0v) is 9.04. The predicted molar refractivity (Wildman–Crippen MR) is 56.2 cm³/mol. The van der Waals surface area contributed by atoms with Crippen molar-refractivity contribution in [2.45, 2.75) is 13.8 Å². The van der Waals surface area contributed by atoms with Gasteiger partial charge in [0.25, 0.3) is 0 Å². The molecule has 0 spiro atoms. The monoisotopic (exact) mass is 205 g/mol. The normalized spacial score (nSPS) is 10.9. The summed E-state index contributed by atoms with van der Waals surface area (Å²) in [4.78, 5) is 2.66. The molecule has 0 heterocycles. The molecule has 76 valence electrons. The molecule has 0 amide bonds. The van der Waals surface area contributed by atoms with E-state index >= 15 is 0 Å². The first-order chi connectivity index (χ1) is 6.18. The highest BCUT2D eigenvalue weighted by Gasteiger charge is 2.13. The third-order valence-corrected chi connectivity index (χ3v) is 3.67. The molecule has 5 nitrogen and oxygen atoms in total. The Balaban J connectivity index is 4.06. The van der Waals surface area contributed by atoms with Crippen molar-refractivity contribution in [2.24, 2.45) is 5.11 Å². The third-order valence-electron chi connectivity index (χ3n) is 1.33. The Morgan fingerprint density at radius 2 is 1.92 bits per heavy atom. The van der Waals surface area contributed by atoms with Crippen LogP contribution in [0.25, 0.3) is 10.4 Å². The standard InChI is InChI=1S/C7H16N3O2P/c1-4-11-13(3,12-5-2)7-6-9-10-8/h3-7H2,1-2H3. The first-order valence-electron chi connectivity index (χ1n) is 4.21. The van der Waals surface area contributed by atoms with Crippen molar-refractivity contribution in [1.82, 2.24) is 0 Å². The van der Waals surface area contributed by atoms with E-state index in [2.05, 4.69) is 16.3 Å². The Labute approximate surface area is 78.8 Å². The van der Waals surface area contributed by atoms with E-state index in [1.165, 1.54) is 0 Å². The molecule has 0 aromatic heterocycles. The zero-order chi connectivity index (χ0) is 10.2. The molecule has 6 heteroatoms. The summed E-state index contributed by atoms with van der Waals surface area (Å²) in [6.45, 7) is 5.33. The number of rotatable bonds is 7. The number of hydrogen-bond donors (Lipinski definition) is 0. The van der Waals surface area contributed by atoms with Crippen LogP contribution in [0, 0.1) is 0 Å². The van der Waals surface area contributed by atoms with Crippen molar-refractivity contribution in [3.05, 3.63) is 10.4 Å². The van der Waals surface area contributed by atoms with Gasteiger partial charge in [-0.25, -0.2) is 0 Å². The quantitative estimate of drug-likeness (QED) is 0.277. The molecule has 0 N–H and O–H groups in total. The van der Waals surface area contributed by atoms with Gasteiger partial charge in [0.2, 0.25) is 0 Å². The first-order valence-corrected chi connectivity index (χ1v) is 6.20. The van der Waals surface area contributed by atoms with Gasteiger partial charge < -0.3 is 9.05 Å². The van der Waals surface area contributed by atoms with Crippen LogP contribution in [-0.4, -0.2) is 32.2 Å². The van der Waals surface area contributed by atoms with Gasteiger partial charge in [-0.05, 0) is 19.4 Å². The maximum Gasteiger partial charge on any atom is 0.117 e. The van der Waals surface area contributed by atoms with Crippen molar-refractivity contribution >= 4 is 13.6 Å². The van der Waals surface area contributed by atoms with E-state index in [1.54, 1.807) is 0 Å². The Morgan fingerprint density at radius 3 is 2.31 bits per heavy atom. The predicted octanol–water partition coefficient (Wildman–Crippen LogP) is 2.65. The van der Waals surface area contributed by atoms with Crippen molar-refractivity contribution in [3.63, 3.8) is 0 Å². The van der Waals surface area contributed by atoms with Crippen molar-refractivity contribution < 1.29 is 9.05 Å². The van der Waals surface area contributed by atoms with Crippen LogP contribution < -0.4 is 0 Å². The summed E-state index contributed by atoms with van der Waals surface area (Å²) in [7, 11) is -2.01. The van der Waals surface area contributed by atoms with Gasteiger partial charge in [0.1, 0.15) is 7.34 Å². The van der Waals surface area contributed by atoms with E-state index in [0.717, 1.165) is 0 Å². The summed E-state index contributed by atoms with van der Waals surface area (Å²) >= 11 is 0. The summed E-state index contributed by atoms with van der Waals surface area (Å²) in [5.41, 5.74) is 8.09. The molecule has 0 aliphatic rings. The fourth-order valence-corrected chi connectivity index (χ4v) is 2.55. The minimum atomic E-state index is -2.01. The van der Waals surface area contributed by atoms with Crippen LogP contribution in [0.2, 0.25) is 0 Å². The van der Waals surface area contributed by atoms with Gasteiger partial charge in [-0.1, -0.05) is 11.4 Å². The van der Waals surface area contributed by atoms with Crippen LogP contribution >= 0.6 is 7.34 Å². The molecule has 0 aromatic carbocycles. The molecule has 0 fully saturated rings. The molecule has 0 bridgehead atoms. The van der Waals surface area contributed by atoms with Gasteiger partial charge in [-0.3, -0.25) is 0 Å². The molecule has 0 saturated carbocycles. The van der Waals surface area contributed by atoms with E-state index in [1.807, 2.05) is 13.8 Å². The Kier molecular flexibility index (Phi) is 6.73. The Hall–Kier alpha value is -0.470. The molecule has 13 heavy (non-hydrogen) atoms. The molecule has 0 atom stereocenters. The van der Waals surface area contributed by atoms with Crippen LogP contribution in [0.3, 0.4) is 0 Å². The lowest BCUT2D eigenvalue weighted by molar-refractivity contribution is 0.266. The van der Waals surface area contributed by atoms with Gasteiger partial charge in [0, 0.05) is 17.6 Å². The van der Waals surface area contributed by atoms with E-state index in [9.17, 15) is 0 Å². The van der Waals surface area contributed by atoms with Gasteiger partial charge in [0.05, 0.1) is 13.2 Å². The van der Waals surface area contributed by atoms with Crippen LogP contribution in [0.1, 0.15) is 13.8 Å². The zero-order valence-electron chi connectivity index (χ0n) is 8.14. The third kappa shape index (κ3) is 5.72. The fraction of sp³-hybridized carbons (Fsp3) is 0.857. The molecule has 0 rings (SSSR count). The highest BCUT2D eigenvalue weighted by atomic mass is 31.2. The molecule has 0 aliphatic carbocycles. The van der Waals surface area contributed by atoms with Crippen LogP contribution in [0.15, 0.2) is 5.11 Å². The second kappa shape index (κ2) is 6.98. The second-order valence-corrected chi connectivity index (χ2v) is 4.92. The molecule has 0 aromatic rings. The Bertz CT molecular complexity index is 216. The van der Waals surface area contributed by atoms with Crippen LogP contribution in [0.5, 0.6) is 0 Å². The molecule has 0 radical (unpaired) electrons. The lowest BCUT2D eigenvalue weighted by atomic mass is 10.8. The maximum absolute atomic E-state index is 8.09. The van der Waals surface area contributed by atoms with E-state index in [-0.39, 0.29) is 0 Å².